The van der Waals surface area contributed by atoms with Gasteiger partial charge in [-0.2, -0.15) is 0 Å². The van der Waals surface area contributed by atoms with Gasteiger partial charge in [-0.3, -0.25) is 0 Å². The second-order valence-corrected chi connectivity index (χ2v) is 4.64. The predicted octanol–water partition coefficient (Wildman–Crippen LogP) is 3.94. The molecule has 0 aromatic heterocycles. The van der Waals surface area contributed by atoms with E-state index in [9.17, 15) is 5.11 Å². The molecule has 0 amide bonds. The highest BCUT2D eigenvalue weighted by atomic mass is 16.5. The molecule has 0 spiro atoms. The lowest BCUT2D eigenvalue weighted by Gasteiger charge is -2.11. The molecule has 0 radical (unpaired) electrons. The first-order valence-electron chi connectivity index (χ1n) is 6.85. The summed E-state index contributed by atoms with van der Waals surface area (Å²) in [4.78, 5) is 0. The fourth-order valence-electron chi connectivity index (χ4n) is 1.97. The van der Waals surface area contributed by atoms with E-state index in [1.807, 2.05) is 31.2 Å². The standard InChI is InChI=1S/C17H20O4/c1-4-17(18)12-5-7-13(8-6-12)21-16-10-14(19-2)9-15(11-16)20-3/h5-11,17-18H,4H2,1-3H3/t17-/m0/s1. The molecular formula is C17H20O4. The first-order valence-corrected chi connectivity index (χ1v) is 6.85. The molecule has 0 fully saturated rings. The molecule has 0 aliphatic rings. The summed E-state index contributed by atoms with van der Waals surface area (Å²) < 4.78 is 16.2. The molecule has 2 aromatic carbocycles. The Morgan fingerprint density at radius 1 is 0.857 bits per heavy atom. The number of rotatable bonds is 6. The molecule has 0 saturated heterocycles. The van der Waals surface area contributed by atoms with Crippen LogP contribution < -0.4 is 14.2 Å². The van der Waals surface area contributed by atoms with E-state index in [0.29, 0.717) is 29.4 Å². The van der Waals surface area contributed by atoms with Crippen LogP contribution in [-0.4, -0.2) is 19.3 Å². The molecular weight excluding hydrogens is 268 g/mol. The molecule has 4 nitrogen and oxygen atoms in total. The maximum Gasteiger partial charge on any atom is 0.134 e. The summed E-state index contributed by atoms with van der Waals surface area (Å²) in [5.41, 5.74) is 0.882. The second kappa shape index (κ2) is 6.99. The lowest BCUT2D eigenvalue weighted by Crippen LogP contribution is -1.95. The predicted molar refractivity (Wildman–Crippen MR) is 81.3 cm³/mol. The van der Waals surface area contributed by atoms with E-state index < -0.39 is 6.10 Å². The molecule has 0 heterocycles. The molecule has 2 aromatic rings. The van der Waals surface area contributed by atoms with E-state index in [-0.39, 0.29) is 0 Å². The van der Waals surface area contributed by atoms with Gasteiger partial charge < -0.3 is 19.3 Å². The van der Waals surface area contributed by atoms with E-state index >= 15 is 0 Å². The zero-order valence-corrected chi connectivity index (χ0v) is 12.5. The highest BCUT2D eigenvalue weighted by molar-refractivity contribution is 5.44. The average molecular weight is 288 g/mol. The minimum atomic E-state index is -0.434. The van der Waals surface area contributed by atoms with Crippen molar-refractivity contribution in [3.05, 3.63) is 48.0 Å². The summed E-state index contributed by atoms with van der Waals surface area (Å²) in [5.74, 6) is 2.66. The topological polar surface area (TPSA) is 47.9 Å². The number of ether oxygens (including phenoxy) is 3. The van der Waals surface area contributed by atoms with Gasteiger partial charge in [0.25, 0.3) is 0 Å². The van der Waals surface area contributed by atoms with Gasteiger partial charge in [0.05, 0.1) is 20.3 Å². The van der Waals surface area contributed by atoms with Crippen molar-refractivity contribution in [1.29, 1.82) is 0 Å². The maximum absolute atomic E-state index is 9.77. The van der Waals surface area contributed by atoms with Crippen LogP contribution in [-0.2, 0) is 0 Å². The number of methoxy groups -OCH3 is 2. The highest BCUT2D eigenvalue weighted by Crippen LogP contribution is 2.31. The van der Waals surface area contributed by atoms with Crippen molar-refractivity contribution in [2.45, 2.75) is 19.4 Å². The minimum absolute atomic E-state index is 0.434. The van der Waals surface area contributed by atoms with Crippen molar-refractivity contribution < 1.29 is 19.3 Å². The van der Waals surface area contributed by atoms with Crippen LogP contribution in [0.2, 0.25) is 0 Å². The second-order valence-electron chi connectivity index (χ2n) is 4.64. The normalized spacial score (nSPS) is 11.8. The fourth-order valence-corrected chi connectivity index (χ4v) is 1.97. The Morgan fingerprint density at radius 3 is 1.86 bits per heavy atom. The molecule has 21 heavy (non-hydrogen) atoms. The van der Waals surface area contributed by atoms with Crippen molar-refractivity contribution in [2.75, 3.05) is 14.2 Å². The summed E-state index contributed by atoms with van der Waals surface area (Å²) in [6, 6.07) is 12.8. The van der Waals surface area contributed by atoms with Gasteiger partial charge in [0, 0.05) is 18.2 Å². The van der Waals surface area contributed by atoms with Gasteiger partial charge in [-0.1, -0.05) is 19.1 Å². The third kappa shape index (κ3) is 3.89. The third-order valence-electron chi connectivity index (χ3n) is 3.21. The van der Waals surface area contributed by atoms with E-state index in [4.69, 9.17) is 14.2 Å². The zero-order chi connectivity index (χ0) is 15.2. The van der Waals surface area contributed by atoms with E-state index in [1.54, 1.807) is 32.4 Å². The molecule has 4 heteroatoms. The molecule has 0 saturated carbocycles. The summed E-state index contributed by atoms with van der Waals surface area (Å²) in [6.45, 7) is 1.94. The molecule has 1 atom stereocenters. The van der Waals surface area contributed by atoms with Crippen molar-refractivity contribution >= 4 is 0 Å². The smallest absolute Gasteiger partial charge is 0.134 e. The highest BCUT2D eigenvalue weighted by Gasteiger charge is 2.07. The van der Waals surface area contributed by atoms with E-state index in [1.165, 1.54) is 0 Å². The van der Waals surface area contributed by atoms with Crippen LogP contribution in [0.25, 0.3) is 0 Å². The third-order valence-corrected chi connectivity index (χ3v) is 3.21. The quantitative estimate of drug-likeness (QED) is 0.874. The van der Waals surface area contributed by atoms with Gasteiger partial charge in [0.1, 0.15) is 23.0 Å². The molecule has 0 aliphatic carbocycles. The first-order chi connectivity index (χ1) is 10.2. The van der Waals surface area contributed by atoms with Crippen LogP contribution >= 0.6 is 0 Å². The van der Waals surface area contributed by atoms with Gasteiger partial charge >= 0.3 is 0 Å². The summed E-state index contributed by atoms with van der Waals surface area (Å²) in [6.07, 6.45) is 0.253. The first kappa shape index (κ1) is 15.2. The maximum atomic E-state index is 9.77. The lowest BCUT2D eigenvalue weighted by atomic mass is 10.1. The monoisotopic (exact) mass is 288 g/mol. The largest absolute Gasteiger partial charge is 0.496 e. The molecule has 0 unspecified atom stereocenters. The molecule has 2 rings (SSSR count). The number of benzene rings is 2. The van der Waals surface area contributed by atoms with Crippen molar-refractivity contribution in [1.82, 2.24) is 0 Å². The van der Waals surface area contributed by atoms with E-state index in [0.717, 1.165) is 5.56 Å². The van der Waals surface area contributed by atoms with Crippen LogP contribution in [0.4, 0.5) is 0 Å². The minimum Gasteiger partial charge on any atom is -0.496 e. The Kier molecular flexibility index (Phi) is 5.06. The SMILES string of the molecule is CC[C@H](O)c1ccc(Oc2cc(OC)cc(OC)c2)cc1. The van der Waals surface area contributed by atoms with Gasteiger partial charge in [0.15, 0.2) is 0 Å². The van der Waals surface area contributed by atoms with Crippen LogP contribution in [0.15, 0.2) is 42.5 Å². The Hall–Kier alpha value is -2.20. The average Bonchev–Trinajstić information content (AvgIpc) is 2.54. The van der Waals surface area contributed by atoms with Crippen LogP contribution in [0.3, 0.4) is 0 Å². The van der Waals surface area contributed by atoms with Gasteiger partial charge in [-0.15, -0.1) is 0 Å². The molecule has 0 bridgehead atoms. The fraction of sp³-hybridized carbons (Fsp3) is 0.294. The number of aliphatic hydroxyl groups is 1. The lowest BCUT2D eigenvalue weighted by molar-refractivity contribution is 0.173. The van der Waals surface area contributed by atoms with Gasteiger partial charge in [-0.25, -0.2) is 0 Å². The molecule has 112 valence electrons. The van der Waals surface area contributed by atoms with Crippen molar-refractivity contribution in [3.63, 3.8) is 0 Å². The van der Waals surface area contributed by atoms with Crippen LogP contribution in [0.1, 0.15) is 25.0 Å². The molecule has 1 N–H and O–H groups in total. The van der Waals surface area contributed by atoms with Crippen molar-refractivity contribution in [3.8, 4) is 23.0 Å². The molecule has 0 aliphatic heterocycles. The number of hydrogen-bond acceptors (Lipinski definition) is 4. The number of hydrogen-bond donors (Lipinski definition) is 1. The Balaban J connectivity index is 2.17. The summed E-state index contributed by atoms with van der Waals surface area (Å²) in [7, 11) is 3.19. The zero-order valence-electron chi connectivity index (χ0n) is 12.5. The van der Waals surface area contributed by atoms with Crippen molar-refractivity contribution in [2.24, 2.45) is 0 Å². The Labute approximate surface area is 124 Å². The summed E-state index contributed by atoms with van der Waals surface area (Å²) in [5, 5.41) is 9.77. The van der Waals surface area contributed by atoms with Gasteiger partial charge in [0.2, 0.25) is 0 Å². The van der Waals surface area contributed by atoms with Gasteiger partial charge in [-0.05, 0) is 24.1 Å². The van der Waals surface area contributed by atoms with Crippen LogP contribution in [0, 0.1) is 0 Å². The Bertz CT molecular complexity index is 556. The Morgan fingerprint density at radius 2 is 1.38 bits per heavy atom. The summed E-state index contributed by atoms with van der Waals surface area (Å²) >= 11 is 0. The van der Waals surface area contributed by atoms with Crippen LogP contribution in [0.5, 0.6) is 23.0 Å². The van der Waals surface area contributed by atoms with E-state index in [2.05, 4.69) is 0 Å². The number of aliphatic hydroxyl groups excluding tert-OH is 1.